The van der Waals surface area contributed by atoms with Gasteiger partial charge in [0.25, 0.3) is 0 Å². The zero-order valence-electron chi connectivity index (χ0n) is 8.00. The summed E-state index contributed by atoms with van der Waals surface area (Å²) in [6, 6.07) is -0.666. The van der Waals surface area contributed by atoms with E-state index in [1.54, 1.807) is 0 Å². The van der Waals surface area contributed by atoms with Crippen molar-refractivity contribution >= 4 is 26.0 Å². The van der Waals surface area contributed by atoms with E-state index in [1.807, 2.05) is 0 Å². The minimum absolute atomic E-state index is 0. The molecule has 15 heavy (non-hydrogen) atoms. The SMILES string of the molecule is Cl.O=C(O)[C@@H]1C[C@H](CP(=O)(O)O)CCN1. The van der Waals surface area contributed by atoms with Crippen LogP contribution in [0.1, 0.15) is 12.8 Å². The average Bonchev–Trinajstić information content (AvgIpc) is 2.01. The normalized spacial score (nSPS) is 26.8. The van der Waals surface area contributed by atoms with Crippen LogP contribution in [0.4, 0.5) is 0 Å². The lowest BCUT2D eigenvalue weighted by atomic mass is 9.94. The molecule has 0 bridgehead atoms. The summed E-state index contributed by atoms with van der Waals surface area (Å²) in [5, 5.41) is 11.5. The molecule has 0 amide bonds. The van der Waals surface area contributed by atoms with Crippen molar-refractivity contribution in [3.63, 3.8) is 0 Å². The first kappa shape index (κ1) is 14.9. The van der Waals surface area contributed by atoms with Crippen molar-refractivity contribution in [2.24, 2.45) is 5.92 Å². The molecule has 1 heterocycles. The standard InChI is InChI=1S/C7H14NO5P.ClH/c9-7(10)6-3-5(1-2-8-6)4-14(11,12)13;/h5-6,8H,1-4H2,(H,9,10)(H2,11,12,13);1H/t5-,6+;/m1./s1. The molecule has 0 aromatic heterocycles. The van der Waals surface area contributed by atoms with E-state index in [-0.39, 0.29) is 24.5 Å². The highest BCUT2D eigenvalue weighted by Crippen LogP contribution is 2.39. The van der Waals surface area contributed by atoms with E-state index < -0.39 is 19.6 Å². The van der Waals surface area contributed by atoms with Gasteiger partial charge in [0.2, 0.25) is 0 Å². The van der Waals surface area contributed by atoms with Crippen molar-refractivity contribution in [2.45, 2.75) is 18.9 Å². The first-order valence-electron chi connectivity index (χ1n) is 4.39. The van der Waals surface area contributed by atoms with Gasteiger partial charge < -0.3 is 20.2 Å². The summed E-state index contributed by atoms with van der Waals surface area (Å²) in [7, 11) is -4.01. The topological polar surface area (TPSA) is 107 Å². The molecule has 1 fully saturated rings. The molecule has 1 aliphatic rings. The molecule has 0 radical (unpaired) electrons. The van der Waals surface area contributed by atoms with E-state index in [9.17, 15) is 9.36 Å². The maximum atomic E-state index is 10.7. The van der Waals surface area contributed by atoms with Crippen LogP contribution in [0.15, 0.2) is 0 Å². The average molecular weight is 260 g/mol. The van der Waals surface area contributed by atoms with E-state index >= 15 is 0 Å². The number of carbonyl (C=O) groups is 1. The Morgan fingerprint density at radius 2 is 2.07 bits per heavy atom. The Morgan fingerprint density at radius 3 is 2.53 bits per heavy atom. The van der Waals surface area contributed by atoms with Crippen molar-refractivity contribution in [3.8, 4) is 0 Å². The van der Waals surface area contributed by atoms with Crippen LogP contribution in [-0.2, 0) is 9.36 Å². The molecule has 1 rings (SSSR count). The van der Waals surface area contributed by atoms with Crippen molar-refractivity contribution in [1.82, 2.24) is 5.32 Å². The molecular weight excluding hydrogens is 245 g/mol. The van der Waals surface area contributed by atoms with Crippen molar-refractivity contribution < 1.29 is 24.3 Å². The number of carboxylic acids is 1. The van der Waals surface area contributed by atoms with E-state index in [4.69, 9.17) is 14.9 Å². The Kier molecular flexibility index (Phi) is 5.77. The molecule has 4 N–H and O–H groups in total. The second-order valence-corrected chi connectivity index (χ2v) is 5.28. The molecule has 0 aliphatic carbocycles. The highest BCUT2D eigenvalue weighted by Gasteiger charge is 2.30. The summed E-state index contributed by atoms with van der Waals surface area (Å²) in [6.45, 7) is 0.502. The molecule has 0 spiro atoms. The largest absolute Gasteiger partial charge is 0.480 e. The van der Waals surface area contributed by atoms with Gasteiger partial charge in [-0.15, -0.1) is 12.4 Å². The van der Waals surface area contributed by atoms with Gasteiger partial charge in [-0.05, 0) is 25.3 Å². The predicted octanol–water partition coefficient (Wildman–Crippen LogP) is 0.0387. The van der Waals surface area contributed by atoms with Gasteiger partial charge in [0.05, 0.1) is 6.16 Å². The van der Waals surface area contributed by atoms with Crippen molar-refractivity contribution in [3.05, 3.63) is 0 Å². The van der Waals surface area contributed by atoms with Gasteiger partial charge in [0, 0.05) is 0 Å². The quantitative estimate of drug-likeness (QED) is 0.533. The number of aliphatic carboxylic acids is 1. The van der Waals surface area contributed by atoms with Gasteiger partial charge >= 0.3 is 13.6 Å². The Hall–Kier alpha value is -0.130. The molecule has 0 saturated carbocycles. The fraction of sp³-hybridized carbons (Fsp3) is 0.857. The van der Waals surface area contributed by atoms with Gasteiger partial charge in [-0.25, -0.2) is 0 Å². The summed E-state index contributed by atoms with van der Waals surface area (Å²) >= 11 is 0. The fourth-order valence-electron chi connectivity index (χ4n) is 1.69. The lowest BCUT2D eigenvalue weighted by Gasteiger charge is -2.27. The van der Waals surface area contributed by atoms with E-state index in [0.29, 0.717) is 19.4 Å². The summed E-state index contributed by atoms with van der Waals surface area (Å²) < 4.78 is 10.7. The lowest BCUT2D eigenvalue weighted by Crippen LogP contribution is -2.44. The van der Waals surface area contributed by atoms with Crippen molar-refractivity contribution in [1.29, 1.82) is 0 Å². The third-order valence-electron chi connectivity index (χ3n) is 2.31. The molecule has 6 nitrogen and oxygen atoms in total. The van der Waals surface area contributed by atoms with Crippen LogP contribution >= 0.6 is 20.0 Å². The molecule has 1 aliphatic heterocycles. The van der Waals surface area contributed by atoms with Gasteiger partial charge in [0.1, 0.15) is 6.04 Å². The lowest BCUT2D eigenvalue weighted by molar-refractivity contribution is -0.140. The number of nitrogens with one attached hydrogen (secondary N) is 1. The predicted molar refractivity (Wildman–Crippen MR) is 56.3 cm³/mol. The number of piperidine rings is 1. The molecule has 8 heteroatoms. The first-order chi connectivity index (χ1) is 6.38. The molecule has 0 unspecified atom stereocenters. The highest BCUT2D eigenvalue weighted by molar-refractivity contribution is 7.51. The smallest absolute Gasteiger partial charge is 0.325 e. The molecule has 90 valence electrons. The molecule has 0 aromatic rings. The van der Waals surface area contributed by atoms with Gasteiger partial charge in [-0.3, -0.25) is 9.36 Å². The highest BCUT2D eigenvalue weighted by atomic mass is 35.5. The van der Waals surface area contributed by atoms with Crippen molar-refractivity contribution in [2.75, 3.05) is 12.7 Å². The van der Waals surface area contributed by atoms with Gasteiger partial charge in [0.15, 0.2) is 0 Å². The number of hydrogen-bond donors (Lipinski definition) is 4. The maximum absolute atomic E-state index is 10.7. The monoisotopic (exact) mass is 259 g/mol. The first-order valence-corrected chi connectivity index (χ1v) is 6.19. The minimum atomic E-state index is -4.01. The van der Waals surface area contributed by atoms with Crippen LogP contribution in [0.5, 0.6) is 0 Å². The number of carboxylic acid groups (broad SMARTS) is 1. The second-order valence-electron chi connectivity index (χ2n) is 3.58. The summed E-state index contributed by atoms with van der Waals surface area (Å²) in [5.74, 6) is -1.15. The second kappa shape index (κ2) is 5.82. The Balaban J connectivity index is 0.00000196. The number of hydrogen-bond acceptors (Lipinski definition) is 3. The maximum Gasteiger partial charge on any atom is 0.325 e. The zero-order chi connectivity index (χ0) is 10.8. The summed E-state index contributed by atoms with van der Waals surface area (Å²) in [5.41, 5.74) is 0. The van der Waals surface area contributed by atoms with Crippen LogP contribution in [0.2, 0.25) is 0 Å². The Morgan fingerprint density at radius 1 is 1.47 bits per heavy atom. The van der Waals surface area contributed by atoms with E-state index in [1.165, 1.54) is 0 Å². The molecule has 1 saturated heterocycles. The Labute approximate surface area is 93.6 Å². The van der Waals surface area contributed by atoms with Gasteiger partial charge in [-0.2, -0.15) is 0 Å². The van der Waals surface area contributed by atoms with E-state index in [0.717, 1.165) is 0 Å². The minimum Gasteiger partial charge on any atom is -0.480 e. The van der Waals surface area contributed by atoms with Crippen LogP contribution in [0.25, 0.3) is 0 Å². The number of halogens is 1. The number of rotatable bonds is 3. The zero-order valence-corrected chi connectivity index (χ0v) is 9.71. The third-order valence-corrected chi connectivity index (χ3v) is 3.30. The molecule has 2 atom stereocenters. The van der Waals surface area contributed by atoms with Crippen LogP contribution in [0, 0.1) is 5.92 Å². The molecule has 0 aromatic carbocycles. The van der Waals surface area contributed by atoms with Gasteiger partial charge in [-0.1, -0.05) is 0 Å². The third kappa shape index (κ3) is 5.49. The summed E-state index contributed by atoms with van der Waals surface area (Å²) in [4.78, 5) is 28.1. The van der Waals surface area contributed by atoms with Crippen LogP contribution in [0.3, 0.4) is 0 Å². The summed E-state index contributed by atoms with van der Waals surface area (Å²) in [6.07, 6.45) is 0.702. The fourth-order valence-corrected chi connectivity index (χ4v) is 2.69. The van der Waals surface area contributed by atoms with Crippen LogP contribution in [-0.4, -0.2) is 39.6 Å². The van der Waals surface area contributed by atoms with Crippen LogP contribution < -0.4 is 5.32 Å². The van der Waals surface area contributed by atoms with E-state index in [2.05, 4.69) is 5.32 Å². The Bertz CT molecular complexity index is 268. The molecular formula is C7H15ClNO5P.